The molecule has 2 aromatic heterocycles. The van der Waals surface area contributed by atoms with Crippen LogP contribution < -0.4 is 5.32 Å². The lowest BCUT2D eigenvalue weighted by Gasteiger charge is -2.20. The Kier molecular flexibility index (Phi) is 4.08. The van der Waals surface area contributed by atoms with E-state index < -0.39 is 0 Å². The predicted octanol–water partition coefficient (Wildman–Crippen LogP) is 2.16. The van der Waals surface area contributed by atoms with Crippen molar-refractivity contribution in [3.05, 3.63) is 10.8 Å². The van der Waals surface area contributed by atoms with Crippen molar-refractivity contribution < 1.29 is 4.79 Å². The van der Waals surface area contributed by atoms with Gasteiger partial charge < -0.3 is 5.32 Å². The van der Waals surface area contributed by atoms with Gasteiger partial charge >= 0.3 is 0 Å². The topological polar surface area (TPSA) is 72.2 Å². The Bertz CT molecular complexity index is 608. The van der Waals surface area contributed by atoms with Crippen LogP contribution in [0.1, 0.15) is 57.8 Å². The number of rotatable bonds is 4. The summed E-state index contributed by atoms with van der Waals surface area (Å²) in [6.45, 7) is 10.0. The molecule has 0 unspecified atom stereocenters. The summed E-state index contributed by atoms with van der Waals surface area (Å²) in [6, 6.07) is 0. The SMILES string of the molecule is CC(C)c1nnc2sc(CCC(=O)NC(C)(C)C)nn12. The lowest BCUT2D eigenvalue weighted by atomic mass is 10.1. The molecular formula is C13H21N5OS. The Morgan fingerprint density at radius 3 is 2.65 bits per heavy atom. The van der Waals surface area contributed by atoms with Gasteiger partial charge in [0.1, 0.15) is 5.01 Å². The molecule has 0 saturated heterocycles. The van der Waals surface area contributed by atoms with Gasteiger partial charge in [-0.2, -0.15) is 9.61 Å². The summed E-state index contributed by atoms with van der Waals surface area (Å²) in [5, 5.41) is 16.6. The van der Waals surface area contributed by atoms with Crippen molar-refractivity contribution in [3.63, 3.8) is 0 Å². The van der Waals surface area contributed by atoms with Crippen LogP contribution in [0.2, 0.25) is 0 Å². The Morgan fingerprint density at radius 2 is 2.05 bits per heavy atom. The molecule has 110 valence electrons. The van der Waals surface area contributed by atoms with Crippen molar-refractivity contribution in [1.29, 1.82) is 0 Å². The number of aryl methyl sites for hydroxylation is 1. The average molecular weight is 295 g/mol. The minimum absolute atomic E-state index is 0.0487. The third kappa shape index (κ3) is 3.53. The second kappa shape index (κ2) is 5.47. The van der Waals surface area contributed by atoms with E-state index in [-0.39, 0.29) is 17.4 Å². The van der Waals surface area contributed by atoms with E-state index in [0.717, 1.165) is 15.8 Å². The molecule has 7 heteroatoms. The number of carbonyl (C=O) groups excluding carboxylic acids is 1. The highest BCUT2D eigenvalue weighted by Crippen LogP contribution is 2.19. The zero-order chi connectivity index (χ0) is 14.9. The zero-order valence-corrected chi connectivity index (χ0v) is 13.4. The van der Waals surface area contributed by atoms with E-state index in [0.29, 0.717) is 12.8 Å². The summed E-state index contributed by atoms with van der Waals surface area (Å²) in [4.78, 5) is 12.6. The van der Waals surface area contributed by atoms with Gasteiger partial charge in [-0.1, -0.05) is 25.2 Å². The van der Waals surface area contributed by atoms with E-state index in [1.807, 2.05) is 20.8 Å². The van der Waals surface area contributed by atoms with Gasteiger partial charge in [0.25, 0.3) is 0 Å². The zero-order valence-electron chi connectivity index (χ0n) is 12.6. The normalized spacial score (nSPS) is 12.3. The first kappa shape index (κ1) is 14.9. The molecule has 0 saturated carbocycles. The number of amides is 1. The van der Waals surface area contributed by atoms with E-state index in [2.05, 4.69) is 34.5 Å². The van der Waals surface area contributed by atoms with E-state index in [1.165, 1.54) is 11.3 Å². The maximum absolute atomic E-state index is 11.8. The van der Waals surface area contributed by atoms with Gasteiger partial charge in [-0.15, -0.1) is 10.2 Å². The second-order valence-corrected chi connectivity index (χ2v) is 7.24. The summed E-state index contributed by atoms with van der Waals surface area (Å²) in [7, 11) is 0. The highest BCUT2D eigenvalue weighted by atomic mass is 32.1. The molecule has 2 rings (SSSR count). The molecule has 2 aromatic rings. The molecule has 0 bridgehead atoms. The fourth-order valence-electron chi connectivity index (χ4n) is 1.83. The number of aromatic nitrogens is 4. The van der Waals surface area contributed by atoms with Crippen molar-refractivity contribution in [2.75, 3.05) is 0 Å². The quantitative estimate of drug-likeness (QED) is 0.938. The van der Waals surface area contributed by atoms with E-state index in [9.17, 15) is 4.79 Å². The van der Waals surface area contributed by atoms with E-state index in [1.54, 1.807) is 4.52 Å². The standard InChI is InChI=1S/C13H21N5OS/c1-8(2)11-15-16-12-18(11)17-10(20-12)7-6-9(19)14-13(3,4)5/h8H,6-7H2,1-5H3,(H,14,19). The van der Waals surface area contributed by atoms with Gasteiger partial charge in [0.15, 0.2) is 5.82 Å². The third-order valence-corrected chi connectivity index (χ3v) is 3.61. The largest absolute Gasteiger partial charge is 0.351 e. The van der Waals surface area contributed by atoms with Gasteiger partial charge in [0, 0.05) is 24.3 Å². The van der Waals surface area contributed by atoms with Crippen LogP contribution in [0.15, 0.2) is 0 Å². The molecular weight excluding hydrogens is 274 g/mol. The number of nitrogens with one attached hydrogen (secondary N) is 1. The van der Waals surface area contributed by atoms with Crippen LogP contribution in [0.25, 0.3) is 4.96 Å². The molecule has 0 spiro atoms. The van der Waals surface area contributed by atoms with Gasteiger partial charge in [-0.05, 0) is 20.8 Å². The molecule has 0 aliphatic carbocycles. The smallest absolute Gasteiger partial charge is 0.234 e. The van der Waals surface area contributed by atoms with Gasteiger partial charge in [0.2, 0.25) is 10.9 Å². The van der Waals surface area contributed by atoms with Crippen LogP contribution in [-0.2, 0) is 11.2 Å². The fraction of sp³-hybridized carbons (Fsp3) is 0.692. The van der Waals surface area contributed by atoms with Crippen LogP contribution in [0.5, 0.6) is 0 Å². The molecule has 0 aromatic carbocycles. The summed E-state index contributed by atoms with van der Waals surface area (Å²) < 4.78 is 1.78. The first-order chi connectivity index (χ1) is 9.26. The van der Waals surface area contributed by atoms with Crippen LogP contribution >= 0.6 is 11.3 Å². The number of nitrogens with zero attached hydrogens (tertiary/aromatic N) is 4. The molecule has 1 amide bonds. The summed E-state index contributed by atoms with van der Waals surface area (Å²) in [6.07, 6.45) is 1.08. The minimum atomic E-state index is -0.191. The Hall–Kier alpha value is -1.50. The maximum atomic E-state index is 11.8. The molecule has 0 atom stereocenters. The Balaban J connectivity index is 2.02. The third-order valence-electron chi connectivity index (χ3n) is 2.65. The molecule has 6 nitrogen and oxygen atoms in total. The minimum Gasteiger partial charge on any atom is -0.351 e. The van der Waals surface area contributed by atoms with Crippen molar-refractivity contribution in [2.24, 2.45) is 0 Å². The summed E-state index contributed by atoms with van der Waals surface area (Å²) >= 11 is 1.49. The molecule has 1 N–H and O–H groups in total. The molecule has 0 fully saturated rings. The highest BCUT2D eigenvalue weighted by molar-refractivity contribution is 7.16. The maximum Gasteiger partial charge on any atom is 0.234 e. The fourth-order valence-corrected chi connectivity index (χ4v) is 2.67. The van der Waals surface area contributed by atoms with E-state index >= 15 is 0 Å². The number of hydrogen-bond donors (Lipinski definition) is 1. The highest BCUT2D eigenvalue weighted by Gasteiger charge is 2.16. The summed E-state index contributed by atoms with van der Waals surface area (Å²) in [5.41, 5.74) is -0.191. The molecule has 2 heterocycles. The van der Waals surface area contributed by atoms with Crippen LogP contribution in [-0.4, -0.2) is 31.3 Å². The van der Waals surface area contributed by atoms with Crippen LogP contribution in [0.3, 0.4) is 0 Å². The van der Waals surface area contributed by atoms with Crippen molar-refractivity contribution in [3.8, 4) is 0 Å². The Morgan fingerprint density at radius 1 is 1.35 bits per heavy atom. The Labute approximate surface area is 122 Å². The lowest BCUT2D eigenvalue weighted by molar-refractivity contribution is -0.122. The van der Waals surface area contributed by atoms with Crippen molar-refractivity contribution in [2.45, 2.75) is 58.9 Å². The predicted molar refractivity (Wildman–Crippen MR) is 79.0 cm³/mol. The summed E-state index contributed by atoms with van der Waals surface area (Å²) in [5.74, 6) is 1.19. The first-order valence-corrected chi connectivity index (χ1v) is 7.60. The molecule has 0 aliphatic heterocycles. The number of hydrogen-bond acceptors (Lipinski definition) is 5. The molecule has 0 radical (unpaired) electrons. The molecule has 0 aliphatic rings. The van der Waals surface area contributed by atoms with E-state index in [4.69, 9.17) is 0 Å². The average Bonchev–Trinajstić information content (AvgIpc) is 2.81. The number of fused-ring (bicyclic) bond motifs is 1. The van der Waals surface area contributed by atoms with Crippen molar-refractivity contribution >= 4 is 22.2 Å². The number of carbonyl (C=O) groups is 1. The van der Waals surface area contributed by atoms with Gasteiger partial charge in [0.05, 0.1) is 0 Å². The van der Waals surface area contributed by atoms with Crippen molar-refractivity contribution in [1.82, 2.24) is 25.1 Å². The van der Waals surface area contributed by atoms with Crippen LogP contribution in [0, 0.1) is 0 Å². The van der Waals surface area contributed by atoms with Crippen LogP contribution in [0.4, 0.5) is 0 Å². The first-order valence-electron chi connectivity index (χ1n) is 6.78. The molecule has 20 heavy (non-hydrogen) atoms. The van der Waals surface area contributed by atoms with Gasteiger partial charge in [-0.3, -0.25) is 4.79 Å². The second-order valence-electron chi connectivity index (χ2n) is 6.20. The monoisotopic (exact) mass is 295 g/mol. The van der Waals surface area contributed by atoms with Gasteiger partial charge in [-0.25, -0.2) is 0 Å². The lowest BCUT2D eigenvalue weighted by Crippen LogP contribution is -2.40.